The molecule has 1 amide bonds. The number of carbonyl (C=O) groups is 1. The van der Waals surface area contributed by atoms with E-state index in [9.17, 15) is 4.79 Å². The van der Waals surface area contributed by atoms with Gasteiger partial charge < -0.3 is 10.6 Å². The maximum absolute atomic E-state index is 12.4. The quantitative estimate of drug-likeness (QED) is 0.906. The van der Waals surface area contributed by atoms with Crippen LogP contribution >= 0.6 is 24.8 Å². The summed E-state index contributed by atoms with van der Waals surface area (Å²) in [6.07, 6.45) is 4.33. The average molecular weight is 333 g/mol. The van der Waals surface area contributed by atoms with E-state index in [2.05, 4.69) is 9.88 Å². The Morgan fingerprint density at radius 3 is 2.48 bits per heavy atom. The third-order valence-electron chi connectivity index (χ3n) is 3.94. The number of nitrogens with zero attached hydrogens (tertiary/aromatic N) is 3. The molecule has 0 spiro atoms. The molecule has 5 nitrogen and oxygen atoms in total. The Bertz CT molecular complexity index is 474. The van der Waals surface area contributed by atoms with Crippen molar-refractivity contribution in [3.63, 3.8) is 0 Å². The van der Waals surface area contributed by atoms with Gasteiger partial charge in [0.15, 0.2) is 0 Å². The first-order chi connectivity index (χ1) is 9.28. The number of pyridine rings is 1. The molecule has 1 aromatic rings. The Labute approximate surface area is 137 Å². The van der Waals surface area contributed by atoms with Crippen molar-refractivity contribution >= 4 is 30.7 Å². The molecular weight excluding hydrogens is 311 g/mol. The first-order valence-corrected chi connectivity index (χ1v) is 6.96. The summed E-state index contributed by atoms with van der Waals surface area (Å²) in [6, 6.07) is 4.37. The van der Waals surface area contributed by atoms with E-state index in [4.69, 9.17) is 5.73 Å². The highest BCUT2D eigenvalue weighted by Crippen LogP contribution is 2.27. The summed E-state index contributed by atoms with van der Waals surface area (Å²) in [5, 5.41) is 0. The van der Waals surface area contributed by atoms with Crippen molar-refractivity contribution in [2.24, 2.45) is 5.73 Å². The lowest BCUT2D eigenvalue weighted by Crippen LogP contribution is -2.49. The minimum absolute atomic E-state index is 0. The van der Waals surface area contributed by atoms with Crippen LogP contribution in [0.2, 0.25) is 0 Å². The SMILES string of the molecule is Cl.Cl.NCc1cc(C(=O)N2CCN(C3CC3)CC2)ccn1. The van der Waals surface area contributed by atoms with Crippen LogP contribution < -0.4 is 5.73 Å². The van der Waals surface area contributed by atoms with Crippen molar-refractivity contribution in [1.82, 2.24) is 14.8 Å². The summed E-state index contributed by atoms with van der Waals surface area (Å²) in [5.74, 6) is 0.104. The zero-order chi connectivity index (χ0) is 13.2. The van der Waals surface area contributed by atoms with Gasteiger partial charge in [0.2, 0.25) is 0 Å². The van der Waals surface area contributed by atoms with Crippen molar-refractivity contribution in [2.75, 3.05) is 26.2 Å². The lowest BCUT2D eigenvalue weighted by molar-refractivity contribution is 0.0627. The zero-order valence-corrected chi connectivity index (χ0v) is 13.5. The summed E-state index contributed by atoms with van der Waals surface area (Å²) in [7, 11) is 0. The van der Waals surface area contributed by atoms with E-state index >= 15 is 0 Å². The molecule has 0 atom stereocenters. The molecule has 0 aromatic carbocycles. The van der Waals surface area contributed by atoms with E-state index in [1.807, 2.05) is 4.90 Å². The fourth-order valence-electron chi connectivity index (χ4n) is 2.64. The Morgan fingerprint density at radius 1 is 1.24 bits per heavy atom. The number of hydrogen-bond acceptors (Lipinski definition) is 4. The largest absolute Gasteiger partial charge is 0.336 e. The third-order valence-corrected chi connectivity index (χ3v) is 3.94. The van der Waals surface area contributed by atoms with Gasteiger partial charge in [0.25, 0.3) is 5.91 Å². The molecule has 21 heavy (non-hydrogen) atoms. The summed E-state index contributed by atoms with van der Waals surface area (Å²) in [4.78, 5) is 21.0. The fourth-order valence-corrected chi connectivity index (χ4v) is 2.64. The minimum atomic E-state index is 0. The van der Waals surface area contributed by atoms with Gasteiger partial charge >= 0.3 is 0 Å². The van der Waals surface area contributed by atoms with Crippen LogP contribution in [0, 0.1) is 0 Å². The van der Waals surface area contributed by atoms with Crippen molar-refractivity contribution in [2.45, 2.75) is 25.4 Å². The third kappa shape index (κ3) is 4.30. The fraction of sp³-hybridized carbons (Fsp3) is 0.571. The Hall–Kier alpha value is -0.880. The highest BCUT2D eigenvalue weighted by Gasteiger charge is 2.32. The van der Waals surface area contributed by atoms with E-state index in [0.717, 1.165) is 37.9 Å². The van der Waals surface area contributed by atoms with Crippen molar-refractivity contribution in [3.05, 3.63) is 29.6 Å². The molecule has 1 saturated heterocycles. The number of piperazine rings is 1. The molecule has 1 aromatic heterocycles. The summed E-state index contributed by atoms with van der Waals surface area (Å²) >= 11 is 0. The van der Waals surface area contributed by atoms with E-state index in [1.54, 1.807) is 18.3 Å². The minimum Gasteiger partial charge on any atom is -0.336 e. The number of amides is 1. The van der Waals surface area contributed by atoms with Crippen LogP contribution in [0.25, 0.3) is 0 Å². The van der Waals surface area contributed by atoms with E-state index in [-0.39, 0.29) is 30.7 Å². The van der Waals surface area contributed by atoms with Gasteiger partial charge in [0.05, 0.1) is 5.69 Å². The van der Waals surface area contributed by atoms with Gasteiger partial charge in [-0.25, -0.2) is 0 Å². The van der Waals surface area contributed by atoms with Crippen LogP contribution in [-0.2, 0) is 6.54 Å². The van der Waals surface area contributed by atoms with Gasteiger partial charge in [-0.3, -0.25) is 14.7 Å². The second-order valence-corrected chi connectivity index (χ2v) is 5.30. The van der Waals surface area contributed by atoms with Crippen LogP contribution in [-0.4, -0.2) is 52.9 Å². The topological polar surface area (TPSA) is 62.5 Å². The van der Waals surface area contributed by atoms with Crippen LogP contribution in [0.5, 0.6) is 0 Å². The Kier molecular flexibility index (Phi) is 6.87. The molecule has 2 heterocycles. The zero-order valence-electron chi connectivity index (χ0n) is 11.9. The second-order valence-electron chi connectivity index (χ2n) is 5.30. The first-order valence-electron chi connectivity index (χ1n) is 6.96. The van der Waals surface area contributed by atoms with E-state index in [0.29, 0.717) is 12.1 Å². The smallest absolute Gasteiger partial charge is 0.254 e. The van der Waals surface area contributed by atoms with E-state index < -0.39 is 0 Å². The predicted molar refractivity (Wildman–Crippen MR) is 87.1 cm³/mol. The first kappa shape index (κ1) is 18.2. The number of aromatic nitrogens is 1. The number of carbonyl (C=O) groups excluding carboxylic acids is 1. The van der Waals surface area contributed by atoms with Crippen LogP contribution in [0.4, 0.5) is 0 Å². The molecule has 118 valence electrons. The number of halogens is 2. The summed E-state index contributed by atoms with van der Waals surface area (Å²) in [5.41, 5.74) is 7.03. The van der Waals surface area contributed by atoms with Gasteiger partial charge in [-0.2, -0.15) is 0 Å². The molecule has 7 heteroatoms. The van der Waals surface area contributed by atoms with Crippen LogP contribution in [0.1, 0.15) is 28.9 Å². The maximum Gasteiger partial charge on any atom is 0.254 e. The lowest BCUT2D eigenvalue weighted by Gasteiger charge is -2.34. The predicted octanol–water partition coefficient (Wildman–Crippen LogP) is 1.30. The average Bonchev–Trinajstić information content (AvgIpc) is 3.31. The van der Waals surface area contributed by atoms with Gasteiger partial charge in [0.1, 0.15) is 0 Å². The lowest BCUT2D eigenvalue weighted by atomic mass is 10.2. The Morgan fingerprint density at radius 2 is 1.90 bits per heavy atom. The van der Waals surface area contributed by atoms with E-state index in [1.165, 1.54) is 12.8 Å². The highest BCUT2D eigenvalue weighted by atomic mass is 35.5. The molecule has 1 saturated carbocycles. The molecule has 1 aliphatic carbocycles. The molecule has 2 N–H and O–H groups in total. The maximum atomic E-state index is 12.4. The molecular formula is C14H22Cl2N4O. The monoisotopic (exact) mass is 332 g/mol. The highest BCUT2D eigenvalue weighted by molar-refractivity contribution is 5.94. The number of rotatable bonds is 3. The van der Waals surface area contributed by atoms with Gasteiger partial charge in [-0.15, -0.1) is 24.8 Å². The number of nitrogens with two attached hydrogens (primary N) is 1. The molecule has 0 bridgehead atoms. The second kappa shape index (κ2) is 7.94. The molecule has 0 unspecified atom stereocenters. The van der Waals surface area contributed by atoms with Crippen LogP contribution in [0.3, 0.4) is 0 Å². The molecule has 2 fully saturated rings. The van der Waals surface area contributed by atoms with Crippen molar-refractivity contribution < 1.29 is 4.79 Å². The molecule has 0 radical (unpaired) electrons. The normalized spacial score (nSPS) is 18.6. The number of hydrogen-bond donors (Lipinski definition) is 1. The summed E-state index contributed by atoms with van der Waals surface area (Å²) in [6.45, 7) is 4.04. The van der Waals surface area contributed by atoms with Crippen molar-refractivity contribution in [1.29, 1.82) is 0 Å². The van der Waals surface area contributed by atoms with Crippen LogP contribution in [0.15, 0.2) is 18.3 Å². The molecule has 3 rings (SSSR count). The van der Waals surface area contributed by atoms with Gasteiger partial charge in [-0.05, 0) is 25.0 Å². The molecule has 1 aliphatic heterocycles. The van der Waals surface area contributed by atoms with Gasteiger partial charge in [0, 0.05) is 50.5 Å². The van der Waals surface area contributed by atoms with Gasteiger partial charge in [-0.1, -0.05) is 0 Å². The summed E-state index contributed by atoms with van der Waals surface area (Å²) < 4.78 is 0. The molecule has 2 aliphatic rings. The standard InChI is InChI=1S/C14H20N4O.2ClH/c15-10-12-9-11(3-4-16-12)14(19)18-7-5-17(6-8-18)13-1-2-13;;/h3-4,9,13H,1-2,5-8,10,15H2;2*1H. The van der Waals surface area contributed by atoms with Crippen molar-refractivity contribution in [3.8, 4) is 0 Å². The Balaban J connectivity index is 0.00000110.